The van der Waals surface area contributed by atoms with Crippen molar-refractivity contribution in [3.8, 4) is 0 Å². The molecule has 3 fully saturated rings. The topological polar surface area (TPSA) is 72.5 Å². The Morgan fingerprint density at radius 2 is 2.08 bits per heavy atom. The van der Waals surface area contributed by atoms with Gasteiger partial charge in [-0.2, -0.15) is 17.0 Å². The van der Waals surface area contributed by atoms with Gasteiger partial charge in [0.2, 0.25) is 0 Å². The van der Waals surface area contributed by atoms with Crippen LogP contribution in [0.1, 0.15) is 44.1 Å². The highest BCUT2D eigenvalue weighted by molar-refractivity contribution is 7.86. The van der Waals surface area contributed by atoms with Crippen molar-refractivity contribution in [3.05, 3.63) is 17.7 Å². The van der Waals surface area contributed by atoms with Crippen LogP contribution in [0, 0.1) is 5.92 Å². The van der Waals surface area contributed by atoms with E-state index in [9.17, 15) is 8.42 Å². The average Bonchev–Trinajstić information content (AvgIpc) is 2.80. The molecular weight excluding hydrogens is 338 g/mol. The second kappa shape index (κ2) is 7.73. The first kappa shape index (κ1) is 18.8. The Hall–Kier alpha value is -0.960. The number of imidazole rings is 1. The SMILES string of the molecule is CCCCc1ncc(CN2C[C@H]3CC[C@@H]2CN(S(=O)(=O)N(C)C)C3)[nH]1. The first-order valence-corrected chi connectivity index (χ1v) is 10.7. The number of H-pyrrole nitrogens is 1. The zero-order chi connectivity index (χ0) is 18.0. The van der Waals surface area contributed by atoms with Crippen molar-refractivity contribution >= 4 is 10.2 Å². The van der Waals surface area contributed by atoms with Crippen LogP contribution in [0.15, 0.2) is 6.20 Å². The molecule has 0 saturated carbocycles. The zero-order valence-corrected chi connectivity index (χ0v) is 16.4. The molecule has 4 rings (SSSR count). The van der Waals surface area contributed by atoms with Gasteiger partial charge in [0.15, 0.2) is 0 Å². The standard InChI is InChI=1S/C17H31N5O2S/c1-4-5-6-17-18-9-15(19-17)12-21-10-14-7-8-16(21)13-22(11-14)25(23,24)20(2)3/h9,14,16H,4-8,10-13H2,1-3H3,(H,18,19)/t14-,16-/m1/s1. The highest BCUT2D eigenvalue weighted by Crippen LogP contribution is 2.30. The minimum atomic E-state index is -3.33. The molecular formula is C17H31N5O2S. The fourth-order valence-corrected chi connectivity index (χ4v) is 5.15. The van der Waals surface area contributed by atoms with Crippen molar-refractivity contribution in [2.24, 2.45) is 5.92 Å². The van der Waals surface area contributed by atoms with Gasteiger partial charge in [-0.05, 0) is 25.2 Å². The number of hydrogen-bond acceptors (Lipinski definition) is 4. The molecule has 3 aliphatic heterocycles. The number of piperidine rings is 1. The van der Waals surface area contributed by atoms with Crippen LogP contribution in [-0.2, 0) is 23.2 Å². The van der Waals surface area contributed by atoms with Gasteiger partial charge in [0.1, 0.15) is 5.82 Å². The van der Waals surface area contributed by atoms with Crippen molar-refractivity contribution in [3.63, 3.8) is 0 Å². The summed E-state index contributed by atoms with van der Waals surface area (Å²) in [5.41, 5.74) is 1.14. The molecule has 25 heavy (non-hydrogen) atoms. The maximum atomic E-state index is 12.5. The molecule has 3 aliphatic rings. The highest BCUT2D eigenvalue weighted by Gasteiger charge is 2.39. The molecule has 4 heterocycles. The molecule has 142 valence electrons. The van der Waals surface area contributed by atoms with Crippen LogP contribution in [0.4, 0.5) is 0 Å². The fourth-order valence-electron chi connectivity index (χ4n) is 3.93. The van der Waals surface area contributed by atoms with Crippen LogP contribution in [0.25, 0.3) is 0 Å². The molecule has 2 bridgehead atoms. The second-order valence-corrected chi connectivity index (χ2v) is 9.73. The molecule has 0 spiro atoms. The van der Waals surface area contributed by atoms with Crippen LogP contribution < -0.4 is 0 Å². The number of nitrogens with zero attached hydrogens (tertiary/aromatic N) is 4. The molecule has 8 heteroatoms. The highest BCUT2D eigenvalue weighted by atomic mass is 32.2. The Bertz CT molecular complexity index is 672. The summed E-state index contributed by atoms with van der Waals surface area (Å²) in [7, 11) is -0.105. The van der Waals surface area contributed by atoms with E-state index >= 15 is 0 Å². The van der Waals surface area contributed by atoms with Crippen LogP contribution in [0.2, 0.25) is 0 Å². The van der Waals surface area contributed by atoms with E-state index in [2.05, 4.69) is 21.8 Å². The lowest BCUT2D eigenvalue weighted by molar-refractivity contribution is 0.124. The summed E-state index contributed by atoms with van der Waals surface area (Å²) in [5, 5.41) is 0. The van der Waals surface area contributed by atoms with Gasteiger partial charge in [0.05, 0.1) is 0 Å². The van der Waals surface area contributed by atoms with Crippen molar-refractivity contribution in [1.82, 2.24) is 23.5 Å². The predicted octanol–water partition coefficient (Wildman–Crippen LogP) is 1.45. The maximum Gasteiger partial charge on any atom is 0.281 e. The molecule has 0 unspecified atom stereocenters. The smallest absolute Gasteiger partial charge is 0.281 e. The van der Waals surface area contributed by atoms with Gasteiger partial charge < -0.3 is 4.98 Å². The summed E-state index contributed by atoms with van der Waals surface area (Å²) in [6.07, 6.45) is 7.45. The number of rotatable bonds is 7. The van der Waals surface area contributed by atoms with Crippen molar-refractivity contribution in [2.75, 3.05) is 33.7 Å². The third-order valence-corrected chi connectivity index (χ3v) is 7.28. The third-order valence-electron chi connectivity index (χ3n) is 5.40. The van der Waals surface area contributed by atoms with Gasteiger partial charge in [-0.15, -0.1) is 0 Å². The Kier molecular flexibility index (Phi) is 5.82. The third kappa shape index (κ3) is 4.24. The first-order valence-electron chi connectivity index (χ1n) is 9.34. The zero-order valence-electron chi connectivity index (χ0n) is 15.6. The Morgan fingerprint density at radius 3 is 2.80 bits per heavy atom. The first-order chi connectivity index (χ1) is 11.9. The van der Waals surface area contributed by atoms with Crippen LogP contribution >= 0.6 is 0 Å². The van der Waals surface area contributed by atoms with Crippen LogP contribution in [0.3, 0.4) is 0 Å². The Balaban J connectivity index is 1.68. The van der Waals surface area contributed by atoms with Crippen LogP contribution in [-0.4, -0.2) is 71.7 Å². The minimum Gasteiger partial charge on any atom is -0.345 e. The van der Waals surface area contributed by atoms with E-state index in [1.807, 2.05) is 6.20 Å². The molecule has 3 saturated heterocycles. The quantitative estimate of drug-likeness (QED) is 0.790. The number of unbranched alkanes of at least 4 members (excludes halogenated alkanes) is 1. The van der Waals surface area contributed by atoms with Gasteiger partial charge in [-0.3, -0.25) is 4.90 Å². The lowest BCUT2D eigenvalue weighted by Crippen LogP contribution is -2.45. The Labute approximate surface area is 151 Å². The van der Waals surface area contributed by atoms with E-state index in [-0.39, 0.29) is 6.04 Å². The number of aryl methyl sites for hydroxylation is 1. The molecule has 7 nitrogen and oxygen atoms in total. The summed E-state index contributed by atoms with van der Waals surface area (Å²) < 4.78 is 28.1. The van der Waals surface area contributed by atoms with Gasteiger partial charge >= 0.3 is 0 Å². The molecule has 1 N–H and O–H groups in total. The van der Waals surface area contributed by atoms with E-state index in [0.29, 0.717) is 19.0 Å². The molecule has 1 aromatic heterocycles. The van der Waals surface area contributed by atoms with Crippen molar-refractivity contribution in [1.29, 1.82) is 0 Å². The molecule has 0 aromatic carbocycles. The van der Waals surface area contributed by atoms with Crippen molar-refractivity contribution in [2.45, 2.75) is 51.6 Å². The molecule has 0 radical (unpaired) electrons. The van der Waals surface area contributed by atoms with Gasteiger partial charge in [0, 0.05) is 64.6 Å². The lowest BCUT2D eigenvalue weighted by atomic mass is 9.95. The molecule has 2 atom stereocenters. The fraction of sp³-hybridized carbons (Fsp3) is 0.824. The monoisotopic (exact) mass is 369 g/mol. The lowest BCUT2D eigenvalue weighted by Gasteiger charge is -2.35. The second-order valence-electron chi connectivity index (χ2n) is 7.59. The van der Waals surface area contributed by atoms with Gasteiger partial charge in [-0.1, -0.05) is 13.3 Å². The number of fused-ring (bicyclic) bond motifs is 4. The average molecular weight is 370 g/mol. The van der Waals surface area contributed by atoms with E-state index in [0.717, 1.165) is 50.3 Å². The predicted molar refractivity (Wildman–Crippen MR) is 98.3 cm³/mol. The maximum absolute atomic E-state index is 12.5. The van der Waals surface area contributed by atoms with E-state index < -0.39 is 10.2 Å². The van der Waals surface area contributed by atoms with E-state index in [1.54, 1.807) is 18.4 Å². The number of hydrogen-bond donors (Lipinski definition) is 1. The van der Waals surface area contributed by atoms with Crippen molar-refractivity contribution < 1.29 is 8.42 Å². The summed E-state index contributed by atoms with van der Waals surface area (Å²) in [6.45, 7) is 5.21. The van der Waals surface area contributed by atoms with E-state index in [4.69, 9.17) is 0 Å². The Morgan fingerprint density at radius 1 is 1.28 bits per heavy atom. The normalized spacial score (nSPS) is 25.6. The number of aromatic amines is 1. The largest absolute Gasteiger partial charge is 0.345 e. The van der Waals surface area contributed by atoms with Crippen LogP contribution in [0.5, 0.6) is 0 Å². The van der Waals surface area contributed by atoms with Gasteiger partial charge in [0.25, 0.3) is 10.2 Å². The number of aromatic nitrogens is 2. The van der Waals surface area contributed by atoms with Gasteiger partial charge in [-0.25, -0.2) is 4.98 Å². The molecule has 0 aliphatic carbocycles. The molecule has 0 amide bonds. The summed E-state index contributed by atoms with van der Waals surface area (Å²) in [5.74, 6) is 1.48. The summed E-state index contributed by atoms with van der Waals surface area (Å²) in [4.78, 5) is 10.4. The summed E-state index contributed by atoms with van der Waals surface area (Å²) in [6, 6.07) is 0.288. The molecule has 1 aromatic rings. The van der Waals surface area contributed by atoms with E-state index in [1.165, 1.54) is 10.7 Å². The summed E-state index contributed by atoms with van der Waals surface area (Å²) >= 11 is 0. The minimum absolute atomic E-state index is 0.288. The number of nitrogens with one attached hydrogen (secondary N) is 1.